The highest BCUT2D eigenvalue weighted by atomic mass is 19.2. The first-order valence-corrected chi connectivity index (χ1v) is 5.70. The molecule has 19 heavy (non-hydrogen) atoms. The van der Waals surface area contributed by atoms with Crippen molar-refractivity contribution in [1.29, 1.82) is 0 Å². The van der Waals surface area contributed by atoms with Gasteiger partial charge in [0.15, 0.2) is 17.5 Å². The van der Waals surface area contributed by atoms with Gasteiger partial charge in [-0.3, -0.25) is 4.79 Å². The fraction of sp³-hybridized carbons (Fsp3) is 0.133. The Balaban J connectivity index is 2.34. The van der Waals surface area contributed by atoms with E-state index in [4.69, 9.17) is 0 Å². The molecule has 0 unspecified atom stereocenters. The molecule has 2 rings (SSSR count). The van der Waals surface area contributed by atoms with Crippen LogP contribution in [0.5, 0.6) is 0 Å². The third-order valence-corrected chi connectivity index (χ3v) is 2.72. The second kappa shape index (κ2) is 5.26. The van der Waals surface area contributed by atoms with Crippen molar-refractivity contribution >= 4 is 5.78 Å². The minimum absolute atomic E-state index is 0.0339. The fourth-order valence-corrected chi connectivity index (χ4v) is 1.82. The zero-order valence-electron chi connectivity index (χ0n) is 10.2. The summed E-state index contributed by atoms with van der Waals surface area (Å²) >= 11 is 0. The van der Waals surface area contributed by atoms with Crippen LogP contribution < -0.4 is 0 Å². The smallest absolute Gasteiger partial charge is 0.194 e. The van der Waals surface area contributed by atoms with Crippen LogP contribution in [-0.2, 0) is 11.2 Å². The van der Waals surface area contributed by atoms with Crippen molar-refractivity contribution in [1.82, 2.24) is 0 Å². The molecule has 0 bridgehead atoms. The van der Waals surface area contributed by atoms with Crippen molar-refractivity contribution in [3.05, 3.63) is 59.4 Å². The maximum absolute atomic E-state index is 13.1. The lowest BCUT2D eigenvalue weighted by molar-refractivity contribution is -0.116. The monoisotopic (exact) mass is 264 g/mol. The van der Waals surface area contributed by atoms with Crippen LogP contribution in [0.2, 0.25) is 0 Å². The predicted octanol–water partition coefficient (Wildman–Crippen LogP) is 3.90. The van der Waals surface area contributed by atoms with Crippen molar-refractivity contribution in [2.24, 2.45) is 0 Å². The van der Waals surface area contributed by atoms with Crippen LogP contribution in [0.25, 0.3) is 11.1 Å². The standard InChI is InChI=1S/C15H11F3O/c1-9(19)6-10-2-4-11(5-3-10)12-7-13(16)15(18)14(17)8-12/h2-5,7-8H,6H2,1H3. The van der Waals surface area contributed by atoms with Gasteiger partial charge in [0, 0.05) is 6.42 Å². The molecule has 0 aromatic heterocycles. The summed E-state index contributed by atoms with van der Waals surface area (Å²) in [5, 5.41) is 0. The average Bonchev–Trinajstić information content (AvgIpc) is 2.35. The number of Topliss-reactive ketones (excluding diaryl/α,β-unsaturated/α-hetero) is 1. The Kier molecular flexibility index (Phi) is 3.69. The topological polar surface area (TPSA) is 17.1 Å². The largest absolute Gasteiger partial charge is 0.300 e. The van der Waals surface area contributed by atoms with Gasteiger partial charge in [0.25, 0.3) is 0 Å². The zero-order chi connectivity index (χ0) is 14.0. The Morgan fingerprint density at radius 1 is 0.947 bits per heavy atom. The van der Waals surface area contributed by atoms with Gasteiger partial charge in [-0.1, -0.05) is 24.3 Å². The number of halogens is 3. The van der Waals surface area contributed by atoms with Gasteiger partial charge < -0.3 is 0 Å². The summed E-state index contributed by atoms with van der Waals surface area (Å²) in [6, 6.07) is 8.58. The molecule has 0 fully saturated rings. The molecule has 0 aliphatic carbocycles. The van der Waals surface area contributed by atoms with Gasteiger partial charge >= 0.3 is 0 Å². The molecule has 0 amide bonds. The summed E-state index contributed by atoms with van der Waals surface area (Å²) in [4.78, 5) is 11.0. The van der Waals surface area contributed by atoms with E-state index in [0.717, 1.165) is 17.7 Å². The third kappa shape index (κ3) is 3.02. The molecule has 0 aliphatic rings. The summed E-state index contributed by atoms with van der Waals surface area (Å²) < 4.78 is 39.1. The Hall–Kier alpha value is -2.10. The number of hydrogen-bond acceptors (Lipinski definition) is 1. The first-order valence-electron chi connectivity index (χ1n) is 5.70. The molecule has 0 atom stereocenters. The summed E-state index contributed by atoms with van der Waals surface area (Å²) in [5.74, 6) is -3.88. The molecule has 0 heterocycles. The van der Waals surface area contributed by atoms with Gasteiger partial charge in [0.05, 0.1) is 0 Å². The van der Waals surface area contributed by atoms with Gasteiger partial charge in [-0.25, -0.2) is 13.2 Å². The quantitative estimate of drug-likeness (QED) is 0.768. The maximum Gasteiger partial charge on any atom is 0.194 e. The van der Waals surface area contributed by atoms with Gasteiger partial charge in [-0.15, -0.1) is 0 Å². The Bertz CT molecular complexity index is 595. The second-order valence-corrected chi connectivity index (χ2v) is 4.33. The summed E-state index contributed by atoms with van der Waals surface area (Å²) in [7, 11) is 0. The van der Waals surface area contributed by atoms with Crippen molar-refractivity contribution < 1.29 is 18.0 Å². The highest BCUT2D eigenvalue weighted by molar-refractivity contribution is 5.78. The highest BCUT2D eigenvalue weighted by Crippen LogP contribution is 2.24. The van der Waals surface area contributed by atoms with E-state index in [1.54, 1.807) is 24.3 Å². The minimum Gasteiger partial charge on any atom is -0.300 e. The van der Waals surface area contributed by atoms with Crippen molar-refractivity contribution in [2.45, 2.75) is 13.3 Å². The molecule has 0 saturated carbocycles. The fourth-order valence-electron chi connectivity index (χ4n) is 1.82. The number of hydrogen-bond donors (Lipinski definition) is 0. The lowest BCUT2D eigenvalue weighted by atomic mass is 10.0. The van der Waals surface area contributed by atoms with E-state index in [9.17, 15) is 18.0 Å². The van der Waals surface area contributed by atoms with Gasteiger partial charge in [0.2, 0.25) is 0 Å². The van der Waals surface area contributed by atoms with Crippen molar-refractivity contribution in [3.63, 3.8) is 0 Å². The van der Waals surface area contributed by atoms with Gasteiger partial charge in [-0.05, 0) is 35.7 Å². The first kappa shape index (κ1) is 13.3. The van der Waals surface area contributed by atoms with Crippen LogP contribution in [0.4, 0.5) is 13.2 Å². The number of rotatable bonds is 3. The molecular formula is C15H11F3O. The van der Waals surface area contributed by atoms with Gasteiger partial charge in [0.1, 0.15) is 5.78 Å². The molecule has 0 N–H and O–H groups in total. The van der Waals surface area contributed by atoms with E-state index in [1.807, 2.05) is 0 Å². The first-order chi connectivity index (χ1) is 8.97. The Morgan fingerprint density at radius 3 is 1.95 bits per heavy atom. The Labute approximate surface area is 108 Å². The number of ketones is 1. The van der Waals surface area contributed by atoms with Crippen LogP contribution in [0.1, 0.15) is 12.5 Å². The number of benzene rings is 2. The maximum atomic E-state index is 13.1. The summed E-state index contributed by atoms with van der Waals surface area (Å²) in [6.45, 7) is 1.48. The van der Waals surface area contributed by atoms with E-state index in [1.165, 1.54) is 6.92 Å². The zero-order valence-corrected chi connectivity index (χ0v) is 10.2. The van der Waals surface area contributed by atoms with E-state index in [0.29, 0.717) is 12.0 Å². The minimum atomic E-state index is -1.48. The van der Waals surface area contributed by atoms with E-state index < -0.39 is 17.5 Å². The SMILES string of the molecule is CC(=O)Cc1ccc(-c2cc(F)c(F)c(F)c2)cc1. The summed E-state index contributed by atoms with van der Waals surface area (Å²) in [5.41, 5.74) is 1.63. The highest BCUT2D eigenvalue weighted by Gasteiger charge is 2.11. The molecule has 0 radical (unpaired) electrons. The molecule has 98 valence electrons. The van der Waals surface area contributed by atoms with Crippen LogP contribution in [-0.4, -0.2) is 5.78 Å². The summed E-state index contributed by atoms with van der Waals surface area (Å²) in [6.07, 6.45) is 0.312. The van der Waals surface area contributed by atoms with E-state index in [-0.39, 0.29) is 11.3 Å². The van der Waals surface area contributed by atoms with Gasteiger partial charge in [-0.2, -0.15) is 0 Å². The normalized spacial score (nSPS) is 10.5. The van der Waals surface area contributed by atoms with E-state index in [2.05, 4.69) is 0 Å². The predicted molar refractivity (Wildman–Crippen MR) is 66.1 cm³/mol. The van der Waals surface area contributed by atoms with Crippen LogP contribution in [0.3, 0.4) is 0 Å². The number of carbonyl (C=O) groups excluding carboxylic acids is 1. The number of carbonyl (C=O) groups is 1. The lowest BCUT2D eigenvalue weighted by Gasteiger charge is -2.05. The van der Waals surface area contributed by atoms with Crippen LogP contribution in [0.15, 0.2) is 36.4 Å². The molecular weight excluding hydrogens is 253 g/mol. The molecule has 4 heteroatoms. The lowest BCUT2D eigenvalue weighted by Crippen LogP contribution is -1.96. The molecule has 0 saturated heterocycles. The van der Waals surface area contributed by atoms with Crippen molar-refractivity contribution in [3.8, 4) is 11.1 Å². The van der Waals surface area contributed by atoms with Crippen molar-refractivity contribution in [2.75, 3.05) is 0 Å². The molecule has 1 nitrogen and oxygen atoms in total. The van der Waals surface area contributed by atoms with Crippen LogP contribution in [0, 0.1) is 17.5 Å². The second-order valence-electron chi connectivity index (χ2n) is 4.33. The Morgan fingerprint density at radius 2 is 1.47 bits per heavy atom. The van der Waals surface area contributed by atoms with E-state index >= 15 is 0 Å². The molecule has 0 spiro atoms. The van der Waals surface area contributed by atoms with Crippen LogP contribution >= 0.6 is 0 Å². The molecule has 2 aromatic rings. The third-order valence-electron chi connectivity index (χ3n) is 2.72. The average molecular weight is 264 g/mol. The molecule has 2 aromatic carbocycles. The molecule has 0 aliphatic heterocycles.